The lowest BCUT2D eigenvalue weighted by molar-refractivity contribution is -0.116. The number of carbonyl (C=O) groups excluding carboxylic acids is 2. The molecule has 4 heteroatoms. The fourth-order valence-electron chi connectivity index (χ4n) is 1.35. The zero-order valence-corrected chi connectivity index (χ0v) is 9.45. The lowest BCUT2D eigenvalue weighted by Crippen LogP contribution is -2.08. The average molecular weight is 221 g/mol. The molecule has 86 valence electrons. The molecule has 0 spiro atoms. The SMILES string of the molecule is CCOc1ccc(N)c(C(=O)CC(C)=O)c1. The van der Waals surface area contributed by atoms with Crippen LogP contribution in [0.4, 0.5) is 5.69 Å². The zero-order chi connectivity index (χ0) is 12.1. The van der Waals surface area contributed by atoms with Crippen molar-refractivity contribution in [2.24, 2.45) is 0 Å². The Bertz CT molecular complexity index is 413. The number of hydrogen-bond donors (Lipinski definition) is 1. The number of carbonyl (C=O) groups is 2. The van der Waals surface area contributed by atoms with Crippen LogP contribution in [0.1, 0.15) is 30.6 Å². The van der Waals surface area contributed by atoms with E-state index in [0.717, 1.165) is 0 Å². The first-order chi connectivity index (χ1) is 7.54. The maximum atomic E-state index is 11.7. The van der Waals surface area contributed by atoms with Crippen LogP contribution in [-0.2, 0) is 4.79 Å². The molecular formula is C12H15NO3. The predicted molar refractivity (Wildman–Crippen MR) is 61.7 cm³/mol. The van der Waals surface area contributed by atoms with Gasteiger partial charge in [0.15, 0.2) is 5.78 Å². The summed E-state index contributed by atoms with van der Waals surface area (Å²) in [7, 11) is 0. The Kier molecular flexibility index (Phi) is 4.05. The molecule has 0 fully saturated rings. The van der Waals surface area contributed by atoms with E-state index in [-0.39, 0.29) is 18.0 Å². The van der Waals surface area contributed by atoms with Crippen LogP contribution < -0.4 is 10.5 Å². The molecule has 0 unspecified atom stereocenters. The fraction of sp³-hybridized carbons (Fsp3) is 0.333. The molecule has 4 nitrogen and oxygen atoms in total. The maximum absolute atomic E-state index is 11.7. The van der Waals surface area contributed by atoms with E-state index in [4.69, 9.17) is 10.5 Å². The predicted octanol–water partition coefficient (Wildman–Crippen LogP) is 1.83. The molecule has 0 bridgehead atoms. The molecule has 0 saturated carbocycles. The summed E-state index contributed by atoms with van der Waals surface area (Å²) in [6, 6.07) is 4.88. The number of anilines is 1. The Morgan fingerprint density at radius 1 is 1.38 bits per heavy atom. The van der Waals surface area contributed by atoms with Gasteiger partial charge < -0.3 is 10.5 Å². The minimum Gasteiger partial charge on any atom is -0.494 e. The summed E-state index contributed by atoms with van der Waals surface area (Å²) in [5, 5.41) is 0. The van der Waals surface area contributed by atoms with Gasteiger partial charge in [-0.25, -0.2) is 0 Å². The normalized spacial score (nSPS) is 9.88. The summed E-state index contributed by atoms with van der Waals surface area (Å²) in [5.74, 6) is 0.140. The molecule has 0 saturated heterocycles. The number of Topliss-reactive ketones (excluding diaryl/α,β-unsaturated/α-hetero) is 2. The van der Waals surface area contributed by atoms with Gasteiger partial charge in [0, 0.05) is 11.3 Å². The largest absolute Gasteiger partial charge is 0.494 e. The molecule has 0 heterocycles. The van der Waals surface area contributed by atoms with Gasteiger partial charge in [0.05, 0.1) is 13.0 Å². The monoisotopic (exact) mass is 221 g/mol. The van der Waals surface area contributed by atoms with Gasteiger partial charge in [-0.15, -0.1) is 0 Å². The summed E-state index contributed by atoms with van der Waals surface area (Å²) in [6.07, 6.45) is -0.125. The Labute approximate surface area is 94.4 Å². The van der Waals surface area contributed by atoms with Crippen molar-refractivity contribution >= 4 is 17.3 Å². The summed E-state index contributed by atoms with van der Waals surface area (Å²) < 4.78 is 5.26. The van der Waals surface area contributed by atoms with Crippen LogP contribution in [0.2, 0.25) is 0 Å². The first-order valence-electron chi connectivity index (χ1n) is 5.09. The van der Waals surface area contributed by atoms with Crippen molar-refractivity contribution in [1.82, 2.24) is 0 Å². The molecule has 1 aromatic carbocycles. The molecule has 0 aliphatic heterocycles. The number of rotatable bonds is 5. The topological polar surface area (TPSA) is 69.4 Å². The van der Waals surface area contributed by atoms with Gasteiger partial charge in [0.1, 0.15) is 11.5 Å². The molecule has 0 amide bonds. The van der Waals surface area contributed by atoms with E-state index < -0.39 is 0 Å². The quantitative estimate of drug-likeness (QED) is 0.468. The Morgan fingerprint density at radius 2 is 2.06 bits per heavy atom. The number of nitrogen functional groups attached to an aromatic ring is 1. The van der Waals surface area contributed by atoms with E-state index in [1.54, 1.807) is 18.2 Å². The molecule has 0 aromatic heterocycles. The van der Waals surface area contributed by atoms with E-state index in [1.165, 1.54) is 6.92 Å². The molecule has 1 rings (SSSR count). The van der Waals surface area contributed by atoms with Crippen molar-refractivity contribution in [2.45, 2.75) is 20.3 Å². The van der Waals surface area contributed by atoms with Gasteiger partial charge >= 0.3 is 0 Å². The van der Waals surface area contributed by atoms with Crippen LogP contribution in [0.5, 0.6) is 5.75 Å². The van der Waals surface area contributed by atoms with E-state index in [1.807, 2.05) is 6.92 Å². The molecule has 0 atom stereocenters. The molecule has 2 N–H and O–H groups in total. The third-order valence-electron chi connectivity index (χ3n) is 2.05. The van der Waals surface area contributed by atoms with E-state index in [2.05, 4.69) is 0 Å². The highest BCUT2D eigenvalue weighted by atomic mass is 16.5. The highest BCUT2D eigenvalue weighted by Gasteiger charge is 2.12. The van der Waals surface area contributed by atoms with Crippen molar-refractivity contribution in [1.29, 1.82) is 0 Å². The van der Waals surface area contributed by atoms with Gasteiger partial charge in [0.25, 0.3) is 0 Å². The van der Waals surface area contributed by atoms with Crippen molar-refractivity contribution in [2.75, 3.05) is 12.3 Å². The number of benzene rings is 1. The third-order valence-corrected chi connectivity index (χ3v) is 2.05. The number of ether oxygens (including phenoxy) is 1. The first kappa shape index (κ1) is 12.2. The smallest absolute Gasteiger partial charge is 0.172 e. The van der Waals surface area contributed by atoms with Gasteiger partial charge in [-0.05, 0) is 32.0 Å². The molecule has 0 aliphatic carbocycles. The molecular weight excluding hydrogens is 206 g/mol. The highest BCUT2D eigenvalue weighted by Crippen LogP contribution is 2.21. The van der Waals surface area contributed by atoms with Crippen LogP contribution >= 0.6 is 0 Å². The molecule has 0 aliphatic rings. The summed E-state index contributed by atoms with van der Waals surface area (Å²) in [6.45, 7) is 3.75. The van der Waals surface area contributed by atoms with Crippen LogP contribution in [0.25, 0.3) is 0 Å². The second-order valence-electron chi connectivity index (χ2n) is 3.48. The zero-order valence-electron chi connectivity index (χ0n) is 9.45. The lowest BCUT2D eigenvalue weighted by Gasteiger charge is -2.07. The Hall–Kier alpha value is -1.84. The number of nitrogens with two attached hydrogens (primary N) is 1. The minimum absolute atomic E-state index is 0.125. The lowest BCUT2D eigenvalue weighted by atomic mass is 10.0. The molecule has 1 aromatic rings. The van der Waals surface area contributed by atoms with Gasteiger partial charge in [-0.2, -0.15) is 0 Å². The van der Waals surface area contributed by atoms with Gasteiger partial charge in [-0.3, -0.25) is 9.59 Å². The van der Waals surface area contributed by atoms with Gasteiger partial charge in [0.2, 0.25) is 0 Å². The van der Waals surface area contributed by atoms with Crippen molar-refractivity contribution in [3.05, 3.63) is 23.8 Å². The van der Waals surface area contributed by atoms with Gasteiger partial charge in [-0.1, -0.05) is 0 Å². The summed E-state index contributed by atoms with van der Waals surface area (Å²) in [5.41, 5.74) is 6.39. The van der Waals surface area contributed by atoms with Crippen LogP contribution in [-0.4, -0.2) is 18.2 Å². The van der Waals surface area contributed by atoms with E-state index >= 15 is 0 Å². The van der Waals surface area contributed by atoms with Crippen molar-refractivity contribution < 1.29 is 14.3 Å². The van der Waals surface area contributed by atoms with Crippen molar-refractivity contribution in [3.8, 4) is 5.75 Å². The maximum Gasteiger partial charge on any atom is 0.172 e. The number of ketones is 2. The van der Waals surface area contributed by atoms with Crippen LogP contribution in [0.3, 0.4) is 0 Å². The summed E-state index contributed by atoms with van der Waals surface area (Å²) >= 11 is 0. The standard InChI is InChI=1S/C12H15NO3/c1-3-16-9-4-5-11(13)10(7-9)12(15)6-8(2)14/h4-5,7H,3,6,13H2,1-2H3. The third kappa shape index (κ3) is 3.08. The molecule has 16 heavy (non-hydrogen) atoms. The van der Waals surface area contributed by atoms with Crippen molar-refractivity contribution in [3.63, 3.8) is 0 Å². The fourth-order valence-corrected chi connectivity index (χ4v) is 1.35. The Balaban J connectivity index is 2.97. The van der Waals surface area contributed by atoms with E-state index in [9.17, 15) is 9.59 Å². The molecule has 0 radical (unpaired) electrons. The van der Waals surface area contributed by atoms with E-state index in [0.29, 0.717) is 23.6 Å². The number of hydrogen-bond acceptors (Lipinski definition) is 4. The summed E-state index contributed by atoms with van der Waals surface area (Å²) in [4.78, 5) is 22.5. The highest BCUT2D eigenvalue weighted by molar-refractivity contribution is 6.10. The second-order valence-corrected chi connectivity index (χ2v) is 3.48. The first-order valence-corrected chi connectivity index (χ1v) is 5.09. The Morgan fingerprint density at radius 3 is 2.62 bits per heavy atom. The van der Waals surface area contributed by atoms with Crippen LogP contribution in [0.15, 0.2) is 18.2 Å². The average Bonchev–Trinajstić information content (AvgIpc) is 2.20. The minimum atomic E-state index is -0.272. The second kappa shape index (κ2) is 5.30. The van der Waals surface area contributed by atoms with Crippen LogP contribution in [0, 0.1) is 0 Å².